The van der Waals surface area contributed by atoms with Gasteiger partial charge < -0.3 is 10.1 Å². The predicted molar refractivity (Wildman–Crippen MR) is 60.8 cm³/mol. The van der Waals surface area contributed by atoms with E-state index in [0.29, 0.717) is 12.3 Å². The molecular formula is C12H16FNO2. The Kier molecular flexibility index (Phi) is 5.32. The molecule has 16 heavy (non-hydrogen) atoms. The average molecular weight is 225 g/mol. The van der Waals surface area contributed by atoms with Crippen LogP contribution in [0.4, 0.5) is 10.1 Å². The van der Waals surface area contributed by atoms with Crippen molar-refractivity contribution in [3.63, 3.8) is 0 Å². The predicted octanol–water partition coefficient (Wildman–Crippen LogP) is 2.58. The molecule has 3 nitrogen and oxygen atoms in total. The van der Waals surface area contributed by atoms with Gasteiger partial charge in [-0.25, -0.2) is 4.39 Å². The van der Waals surface area contributed by atoms with Gasteiger partial charge in [-0.2, -0.15) is 0 Å². The van der Waals surface area contributed by atoms with Crippen LogP contribution in [-0.4, -0.2) is 19.1 Å². The Labute approximate surface area is 94.6 Å². The molecule has 0 saturated carbocycles. The Hall–Kier alpha value is -1.58. The summed E-state index contributed by atoms with van der Waals surface area (Å²) in [6.45, 7) is 2.53. The molecule has 88 valence electrons. The van der Waals surface area contributed by atoms with Gasteiger partial charge in [-0.1, -0.05) is 19.4 Å². The molecule has 0 unspecified atom stereocenters. The number of rotatable bonds is 6. The third-order valence-corrected chi connectivity index (χ3v) is 2.02. The largest absolute Gasteiger partial charge is 0.464 e. The zero-order valence-corrected chi connectivity index (χ0v) is 9.33. The second-order valence-electron chi connectivity index (χ2n) is 3.44. The fourth-order valence-electron chi connectivity index (χ4n) is 1.15. The van der Waals surface area contributed by atoms with Crippen molar-refractivity contribution in [1.29, 1.82) is 0 Å². The maximum absolute atomic E-state index is 12.8. The summed E-state index contributed by atoms with van der Waals surface area (Å²) in [5.74, 6) is -0.651. The van der Waals surface area contributed by atoms with Crippen LogP contribution in [0.15, 0.2) is 24.3 Å². The molecule has 0 aliphatic rings. The Bertz CT molecular complexity index is 342. The second-order valence-corrected chi connectivity index (χ2v) is 3.44. The van der Waals surface area contributed by atoms with Crippen molar-refractivity contribution in [1.82, 2.24) is 0 Å². The smallest absolute Gasteiger partial charge is 0.325 e. The molecule has 4 heteroatoms. The molecule has 0 aliphatic heterocycles. The van der Waals surface area contributed by atoms with Crippen molar-refractivity contribution in [3.8, 4) is 0 Å². The first-order valence-corrected chi connectivity index (χ1v) is 5.37. The lowest BCUT2D eigenvalue weighted by Crippen LogP contribution is -2.17. The van der Waals surface area contributed by atoms with Crippen molar-refractivity contribution >= 4 is 11.7 Å². The highest BCUT2D eigenvalue weighted by molar-refractivity contribution is 5.74. The van der Waals surface area contributed by atoms with E-state index in [1.165, 1.54) is 12.1 Å². The third kappa shape index (κ3) is 4.77. The van der Waals surface area contributed by atoms with Crippen LogP contribution >= 0.6 is 0 Å². The number of anilines is 1. The summed E-state index contributed by atoms with van der Waals surface area (Å²) in [5, 5.41) is 2.80. The Morgan fingerprint density at radius 2 is 2.31 bits per heavy atom. The van der Waals surface area contributed by atoms with Crippen LogP contribution < -0.4 is 5.32 Å². The molecule has 1 rings (SSSR count). The topological polar surface area (TPSA) is 38.3 Å². The van der Waals surface area contributed by atoms with Gasteiger partial charge in [0.25, 0.3) is 0 Å². The summed E-state index contributed by atoms with van der Waals surface area (Å²) in [5.41, 5.74) is 0.576. The van der Waals surface area contributed by atoms with E-state index in [-0.39, 0.29) is 18.3 Å². The number of hydrogen-bond acceptors (Lipinski definition) is 3. The van der Waals surface area contributed by atoms with Gasteiger partial charge >= 0.3 is 5.97 Å². The monoisotopic (exact) mass is 225 g/mol. The molecule has 0 saturated heterocycles. The zero-order valence-electron chi connectivity index (χ0n) is 9.33. The first-order chi connectivity index (χ1) is 7.72. The third-order valence-electron chi connectivity index (χ3n) is 2.02. The van der Waals surface area contributed by atoms with Gasteiger partial charge in [-0.15, -0.1) is 0 Å². The lowest BCUT2D eigenvalue weighted by molar-refractivity contribution is -0.141. The molecule has 0 aliphatic carbocycles. The molecule has 1 N–H and O–H groups in total. The number of hydrogen-bond donors (Lipinski definition) is 1. The second kappa shape index (κ2) is 6.82. The maximum atomic E-state index is 12.8. The van der Waals surface area contributed by atoms with Crippen LogP contribution in [0.3, 0.4) is 0 Å². The van der Waals surface area contributed by atoms with E-state index in [1.807, 2.05) is 6.92 Å². The van der Waals surface area contributed by atoms with E-state index in [4.69, 9.17) is 4.74 Å². The quantitative estimate of drug-likeness (QED) is 0.597. The molecule has 0 amide bonds. The number of unbranched alkanes of at least 4 members (excludes halogenated alkanes) is 1. The first kappa shape index (κ1) is 12.5. The van der Waals surface area contributed by atoms with E-state index in [9.17, 15) is 9.18 Å². The fraction of sp³-hybridized carbons (Fsp3) is 0.417. The van der Waals surface area contributed by atoms with E-state index in [0.717, 1.165) is 12.8 Å². The molecule has 0 atom stereocenters. The Morgan fingerprint density at radius 3 is 3.00 bits per heavy atom. The van der Waals surface area contributed by atoms with Crippen LogP contribution in [0.5, 0.6) is 0 Å². The zero-order chi connectivity index (χ0) is 11.8. The number of ether oxygens (including phenoxy) is 1. The fourth-order valence-corrected chi connectivity index (χ4v) is 1.15. The van der Waals surface area contributed by atoms with Crippen LogP contribution in [-0.2, 0) is 9.53 Å². The molecule has 0 aromatic heterocycles. The normalized spacial score (nSPS) is 9.88. The standard InChI is InChI=1S/C12H16FNO2/c1-2-3-7-16-12(15)9-14-11-6-4-5-10(13)8-11/h4-6,8,14H,2-3,7,9H2,1H3. The number of benzene rings is 1. The summed E-state index contributed by atoms with van der Waals surface area (Å²) in [6.07, 6.45) is 1.86. The number of halogens is 1. The van der Waals surface area contributed by atoms with Crippen LogP contribution in [0.1, 0.15) is 19.8 Å². The average Bonchev–Trinajstić information content (AvgIpc) is 2.27. The molecule has 0 spiro atoms. The molecule has 0 heterocycles. The summed E-state index contributed by atoms with van der Waals surface area (Å²) in [7, 11) is 0. The Morgan fingerprint density at radius 1 is 1.50 bits per heavy atom. The highest BCUT2D eigenvalue weighted by Gasteiger charge is 2.02. The molecule has 0 bridgehead atoms. The number of esters is 1. The lowest BCUT2D eigenvalue weighted by atomic mass is 10.3. The van der Waals surface area contributed by atoms with Crippen molar-refractivity contribution < 1.29 is 13.9 Å². The summed E-state index contributed by atoms with van der Waals surface area (Å²) in [6, 6.07) is 5.96. The number of nitrogens with one attached hydrogen (secondary N) is 1. The SMILES string of the molecule is CCCCOC(=O)CNc1cccc(F)c1. The van der Waals surface area contributed by atoms with Gasteiger partial charge in [0.2, 0.25) is 0 Å². The summed E-state index contributed by atoms with van der Waals surface area (Å²) < 4.78 is 17.7. The minimum Gasteiger partial charge on any atom is -0.464 e. The van der Waals surface area contributed by atoms with Crippen molar-refractivity contribution in [3.05, 3.63) is 30.1 Å². The van der Waals surface area contributed by atoms with Gasteiger partial charge in [0.1, 0.15) is 12.4 Å². The van der Waals surface area contributed by atoms with Crippen molar-refractivity contribution in [2.45, 2.75) is 19.8 Å². The van der Waals surface area contributed by atoms with Crippen molar-refractivity contribution in [2.75, 3.05) is 18.5 Å². The van der Waals surface area contributed by atoms with Gasteiger partial charge in [0.15, 0.2) is 0 Å². The minimum absolute atomic E-state index is 0.0627. The van der Waals surface area contributed by atoms with Gasteiger partial charge in [0, 0.05) is 5.69 Å². The molecule has 0 fully saturated rings. The molecule has 1 aromatic rings. The highest BCUT2D eigenvalue weighted by atomic mass is 19.1. The van der Waals surface area contributed by atoms with Gasteiger partial charge in [-0.05, 0) is 24.6 Å². The summed E-state index contributed by atoms with van der Waals surface area (Å²) in [4.78, 5) is 11.2. The highest BCUT2D eigenvalue weighted by Crippen LogP contribution is 2.08. The number of carbonyl (C=O) groups excluding carboxylic acids is 1. The summed E-state index contributed by atoms with van der Waals surface area (Å²) >= 11 is 0. The van der Waals surface area contributed by atoms with E-state index in [2.05, 4.69) is 5.32 Å². The van der Waals surface area contributed by atoms with Crippen LogP contribution in [0, 0.1) is 5.82 Å². The van der Waals surface area contributed by atoms with E-state index < -0.39 is 0 Å². The lowest BCUT2D eigenvalue weighted by Gasteiger charge is -2.06. The first-order valence-electron chi connectivity index (χ1n) is 5.37. The minimum atomic E-state index is -0.329. The van der Waals surface area contributed by atoms with Crippen molar-refractivity contribution in [2.24, 2.45) is 0 Å². The molecule has 1 aromatic carbocycles. The van der Waals surface area contributed by atoms with Gasteiger partial charge in [-0.3, -0.25) is 4.79 Å². The van der Waals surface area contributed by atoms with Crippen LogP contribution in [0.25, 0.3) is 0 Å². The maximum Gasteiger partial charge on any atom is 0.325 e. The molecular weight excluding hydrogens is 209 g/mol. The van der Waals surface area contributed by atoms with E-state index in [1.54, 1.807) is 12.1 Å². The molecule has 0 radical (unpaired) electrons. The van der Waals surface area contributed by atoms with Gasteiger partial charge in [0.05, 0.1) is 6.61 Å². The Balaban J connectivity index is 2.26. The number of carbonyl (C=O) groups is 1. The van der Waals surface area contributed by atoms with E-state index >= 15 is 0 Å². The van der Waals surface area contributed by atoms with Crippen LogP contribution in [0.2, 0.25) is 0 Å².